The predicted octanol–water partition coefficient (Wildman–Crippen LogP) is 2.64. The molecule has 1 N–H and O–H groups in total. The Morgan fingerprint density at radius 2 is 2.12 bits per heavy atom. The van der Waals surface area contributed by atoms with E-state index in [1.165, 1.54) is 19.3 Å². The average molecular weight is 331 g/mol. The molecule has 0 unspecified atom stereocenters. The Bertz CT molecular complexity index is 685. The van der Waals surface area contributed by atoms with Gasteiger partial charge in [0.25, 0.3) is 5.89 Å². The minimum atomic E-state index is 0.0658. The highest BCUT2D eigenvalue weighted by atomic mass is 16.4. The lowest BCUT2D eigenvalue weighted by molar-refractivity contribution is -0.122. The van der Waals surface area contributed by atoms with E-state index in [1.54, 1.807) is 0 Å². The molecule has 0 spiro atoms. The fraction of sp³-hybridized carbons (Fsp3) is 0.647. The minimum absolute atomic E-state index is 0.0658. The van der Waals surface area contributed by atoms with Crippen molar-refractivity contribution in [3.8, 4) is 11.6 Å². The summed E-state index contributed by atoms with van der Waals surface area (Å²) < 4.78 is 7.54. The average Bonchev–Trinajstić information content (AvgIpc) is 3.20. The van der Waals surface area contributed by atoms with E-state index in [0.29, 0.717) is 30.7 Å². The molecular formula is C17H25N5O2. The molecular weight excluding hydrogens is 306 g/mol. The first-order chi connectivity index (χ1) is 11.7. The zero-order valence-corrected chi connectivity index (χ0v) is 14.4. The van der Waals surface area contributed by atoms with Crippen molar-refractivity contribution in [2.24, 2.45) is 0 Å². The first-order valence-electron chi connectivity index (χ1n) is 8.82. The van der Waals surface area contributed by atoms with Gasteiger partial charge >= 0.3 is 0 Å². The fourth-order valence-electron chi connectivity index (χ4n) is 3.18. The maximum Gasteiger partial charge on any atom is 0.265 e. The lowest BCUT2D eigenvalue weighted by Gasteiger charge is -2.22. The molecule has 1 saturated carbocycles. The fourth-order valence-corrected chi connectivity index (χ4v) is 3.18. The summed E-state index contributed by atoms with van der Waals surface area (Å²) in [7, 11) is 0. The van der Waals surface area contributed by atoms with Gasteiger partial charge in [0.1, 0.15) is 5.69 Å². The van der Waals surface area contributed by atoms with Crippen molar-refractivity contribution in [2.75, 3.05) is 0 Å². The number of amides is 1. The van der Waals surface area contributed by atoms with E-state index in [4.69, 9.17) is 4.42 Å². The molecule has 2 heterocycles. The van der Waals surface area contributed by atoms with Gasteiger partial charge in [0.15, 0.2) is 0 Å². The maximum absolute atomic E-state index is 12.1. The number of aromatic nitrogens is 4. The number of carbonyl (C=O) groups is 1. The quantitative estimate of drug-likeness (QED) is 0.879. The number of nitrogens with zero attached hydrogens (tertiary/aromatic N) is 4. The van der Waals surface area contributed by atoms with Crippen molar-refractivity contribution in [1.29, 1.82) is 0 Å². The van der Waals surface area contributed by atoms with Crippen LogP contribution in [-0.4, -0.2) is 31.9 Å². The molecule has 7 heteroatoms. The van der Waals surface area contributed by atoms with Crippen molar-refractivity contribution in [1.82, 2.24) is 25.3 Å². The van der Waals surface area contributed by atoms with Gasteiger partial charge in [0.05, 0.1) is 5.69 Å². The Hall–Kier alpha value is -2.18. The molecule has 1 amide bonds. The van der Waals surface area contributed by atoms with Crippen LogP contribution >= 0.6 is 0 Å². The monoisotopic (exact) mass is 331 g/mol. The predicted molar refractivity (Wildman–Crippen MR) is 89.3 cm³/mol. The van der Waals surface area contributed by atoms with Gasteiger partial charge in [-0.2, -0.15) is 5.10 Å². The highest BCUT2D eigenvalue weighted by Gasteiger charge is 2.17. The Kier molecular flexibility index (Phi) is 5.27. The molecule has 0 saturated heterocycles. The van der Waals surface area contributed by atoms with Crippen LogP contribution in [0.1, 0.15) is 57.0 Å². The van der Waals surface area contributed by atoms with Crippen molar-refractivity contribution in [2.45, 2.75) is 71.4 Å². The summed E-state index contributed by atoms with van der Waals surface area (Å²) in [4.78, 5) is 12.1. The first-order valence-corrected chi connectivity index (χ1v) is 8.82. The van der Waals surface area contributed by atoms with Gasteiger partial charge in [-0.3, -0.25) is 9.48 Å². The van der Waals surface area contributed by atoms with Gasteiger partial charge in [-0.1, -0.05) is 19.3 Å². The molecule has 3 rings (SSSR count). The summed E-state index contributed by atoms with van der Waals surface area (Å²) >= 11 is 0. The number of nitrogens with one attached hydrogen (secondary N) is 1. The molecule has 0 aliphatic heterocycles. The van der Waals surface area contributed by atoms with Gasteiger partial charge in [0.2, 0.25) is 11.8 Å². The van der Waals surface area contributed by atoms with Gasteiger partial charge in [0, 0.05) is 25.4 Å². The molecule has 1 aliphatic carbocycles. The van der Waals surface area contributed by atoms with Crippen LogP contribution in [0.5, 0.6) is 0 Å². The van der Waals surface area contributed by atoms with Crippen LogP contribution in [0.2, 0.25) is 0 Å². The van der Waals surface area contributed by atoms with Crippen LogP contribution in [0.25, 0.3) is 11.6 Å². The van der Waals surface area contributed by atoms with E-state index in [0.717, 1.165) is 30.8 Å². The van der Waals surface area contributed by atoms with Gasteiger partial charge in [-0.25, -0.2) is 0 Å². The van der Waals surface area contributed by atoms with Gasteiger partial charge in [-0.05, 0) is 32.8 Å². The van der Waals surface area contributed by atoms with Crippen LogP contribution in [0.4, 0.5) is 0 Å². The lowest BCUT2D eigenvalue weighted by atomic mass is 9.95. The van der Waals surface area contributed by atoms with Crippen molar-refractivity contribution >= 4 is 5.91 Å². The van der Waals surface area contributed by atoms with Crippen LogP contribution in [0, 0.1) is 6.92 Å². The number of hydrogen-bond acceptors (Lipinski definition) is 5. The number of hydrogen-bond donors (Lipinski definition) is 1. The van der Waals surface area contributed by atoms with E-state index >= 15 is 0 Å². The van der Waals surface area contributed by atoms with Crippen LogP contribution in [-0.2, 0) is 17.8 Å². The lowest BCUT2D eigenvalue weighted by Crippen LogP contribution is -2.36. The molecule has 1 fully saturated rings. The molecule has 7 nitrogen and oxygen atoms in total. The van der Waals surface area contributed by atoms with E-state index in [9.17, 15) is 4.79 Å². The maximum atomic E-state index is 12.1. The second-order valence-electron chi connectivity index (χ2n) is 6.39. The Morgan fingerprint density at radius 1 is 1.33 bits per heavy atom. The molecule has 0 atom stereocenters. The van der Waals surface area contributed by atoms with Crippen molar-refractivity contribution < 1.29 is 9.21 Å². The SMILES string of the molecule is CCn1nc(C)cc1-c1nnc(CCC(=O)NC2CCCCC2)o1. The summed E-state index contributed by atoms with van der Waals surface area (Å²) in [6, 6.07) is 2.27. The van der Waals surface area contributed by atoms with E-state index < -0.39 is 0 Å². The third-order valence-electron chi connectivity index (χ3n) is 4.42. The summed E-state index contributed by atoms with van der Waals surface area (Å²) in [6.07, 6.45) is 6.73. The summed E-state index contributed by atoms with van der Waals surface area (Å²) in [5.74, 6) is 1.02. The topological polar surface area (TPSA) is 85.8 Å². The molecule has 24 heavy (non-hydrogen) atoms. The standard InChI is InChI=1S/C17H25N5O2/c1-3-22-14(11-12(2)21-22)17-20-19-16(24-17)10-9-15(23)18-13-7-5-4-6-8-13/h11,13H,3-10H2,1-2H3,(H,18,23). The van der Waals surface area contributed by atoms with Gasteiger partial charge in [-0.15, -0.1) is 10.2 Å². The van der Waals surface area contributed by atoms with Gasteiger partial charge < -0.3 is 9.73 Å². The summed E-state index contributed by atoms with van der Waals surface area (Å²) in [6.45, 7) is 4.69. The van der Waals surface area contributed by atoms with Crippen molar-refractivity contribution in [3.63, 3.8) is 0 Å². The normalized spacial score (nSPS) is 15.6. The number of rotatable bonds is 6. The van der Waals surface area contributed by atoms with E-state index in [2.05, 4.69) is 20.6 Å². The molecule has 1 aliphatic rings. The first kappa shape index (κ1) is 16.7. The molecule has 0 bridgehead atoms. The highest BCUT2D eigenvalue weighted by Crippen LogP contribution is 2.20. The second kappa shape index (κ2) is 7.59. The third kappa shape index (κ3) is 4.01. The molecule has 0 aromatic carbocycles. The molecule has 0 radical (unpaired) electrons. The van der Waals surface area contributed by atoms with Crippen molar-refractivity contribution in [3.05, 3.63) is 17.7 Å². The number of carbonyl (C=O) groups excluding carboxylic acids is 1. The summed E-state index contributed by atoms with van der Waals surface area (Å²) in [5.41, 5.74) is 1.74. The zero-order chi connectivity index (χ0) is 16.9. The molecule has 2 aromatic heterocycles. The Labute approximate surface area is 141 Å². The second-order valence-corrected chi connectivity index (χ2v) is 6.39. The Morgan fingerprint density at radius 3 is 2.88 bits per heavy atom. The summed E-state index contributed by atoms with van der Waals surface area (Å²) in [5, 5.41) is 15.6. The van der Waals surface area contributed by atoms with Crippen LogP contribution < -0.4 is 5.32 Å². The smallest absolute Gasteiger partial charge is 0.265 e. The van der Waals surface area contributed by atoms with Crippen LogP contribution in [0.3, 0.4) is 0 Å². The minimum Gasteiger partial charge on any atom is -0.419 e. The van der Waals surface area contributed by atoms with E-state index in [-0.39, 0.29) is 5.91 Å². The van der Waals surface area contributed by atoms with E-state index in [1.807, 2.05) is 24.6 Å². The largest absolute Gasteiger partial charge is 0.419 e. The third-order valence-corrected chi connectivity index (χ3v) is 4.42. The molecule has 130 valence electrons. The Balaban J connectivity index is 1.55. The zero-order valence-electron chi connectivity index (χ0n) is 14.4. The molecule has 2 aromatic rings. The van der Waals surface area contributed by atoms with Crippen LogP contribution in [0.15, 0.2) is 10.5 Å². The highest BCUT2D eigenvalue weighted by molar-refractivity contribution is 5.76. The number of aryl methyl sites for hydroxylation is 3.